The lowest BCUT2D eigenvalue weighted by molar-refractivity contribution is -0.385. The highest BCUT2D eigenvalue weighted by molar-refractivity contribution is 9.10. The Morgan fingerprint density at radius 1 is 1.60 bits per heavy atom. The molecule has 1 aromatic carbocycles. The average molecular weight is 344 g/mol. The van der Waals surface area contributed by atoms with Crippen LogP contribution < -0.4 is 10.6 Å². The molecule has 0 saturated carbocycles. The lowest BCUT2D eigenvalue weighted by Crippen LogP contribution is -2.59. The lowest BCUT2D eigenvalue weighted by atomic mass is 10.0. The van der Waals surface area contributed by atoms with Crippen molar-refractivity contribution in [2.24, 2.45) is 0 Å². The zero-order chi connectivity index (χ0) is 14.8. The molecule has 7 nitrogen and oxygen atoms in total. The van der Waals surface area contributed by atoms with E-state index in [2.05, 4.69) is 26.6 Å². The van der Waals surface area contributed by atoms with Crippen molar-refractivity contribution in [3.8, 4) is 0 Å². The number of amides is 1. The first-order chi connectivity index (χ1) is 9.39. The second kappa shape index (κ2) is 5.86. The molecule has 1 aliphatic rings. The van der Waals surface area contributed by atoms with Gasteiger partial charge in [0.1, 0.15) is 6.61 Å². The van der Waals surface area contributed by atoms with Crippen LogP contribution in [0.1, 0.15) is 6.92 Å². The molecule has 1 amide bonds. The van der Waals surface area contributed by atoms with Gasteiger partial charge in [0.15, 0.2) is 0 Å². The number of rotatable bonds is 5. The van der Waals surface area contributed by atoms with Crippen molar-refractivity contribution in [2.75, 3.05) is 25.0 Å². The topological polar surface area (TPSA) is 93.5 Å². The molecule has 8 heteroatoms. The van der Waals surface area contributed by atoms with Gasteiger partial charge in [0.2, 0.25) is 5.91 Å². The Labute approximate surface area is 124 Å². The first-order valence-corrected chi connectivity index (χ1v) is 6.77. The summed E-state index contributed by atoms with van der Waals surface area (Å²) in [5, 5.41) is 16.4. The van der Waals surface area contributed by atoms with Crippen LogP contribution in [-0.4, -0.2) is 36.1 Å². The smallest absolute Gasteiger partial charge is 0.283 e. The van der Waals surface area contributed by atoms with Crippen LogP contribution >= 0.6 is 15.9 Å². The normalized spacial score (nSPS) is 16.3. The predicted octanol–water partition coefficient (Wildman–Crippen LogP) is 1.67. The van der Waals surface area contributed by atoms with Gasteiger partial charge in [-0.2, -0.15) is 0 Å². The predicted molar refractivity (Wildman–Crippen MR) is 76.7 cm³/mol. The summed E-state index contributed by atoms with van der Waals surface area (Å²) >= 11 is 3.10. The molecule has 0 bridgehead atoms. The molecule has 0 atom stereocenters. The van der Waals surface area contributed by atoms with E-state index in [-0.39, 0.29) is 23.8 Å². The van der Waals surface area contributed by atoms with Gasteiger partial charge >= 0.3 is 0 Å². The van der Waals surface area contributed by atoms with Crippen LogP contribution in [0.4, 0.5) is 11.4 Å². The number of carbonyl (C=O) groups excluding carboxylic acids is 1. The quantitative estimate of drug-likeness (QED) is 0.626. The first kappa shape index (κ1) is 14.9. The monoisotopic (exact) mass is 343 g/mol. The van der Waals surface area contributed by atoms with E-state index in [1.165, 1.54) is 18.2 Å². The van der Waals surface area contributed by atoms with Crippen LogP contribution in [-0.2, 0) is 9.53 Å². The molecule has 108 valence electrons. The molecular weight excluding hydrogens is 330 g/mol. The van der Waals surface area contributed by atoms with Crippen molar-refractivity contribution in [1.82, 2.24) is 5.32 Å². The van der Waals surface area contributed by atoms with Gasteiger partial charge in [-0.25, -0.2) is 0 Å². The number of halogens is 1. The number of nitro benzene ring substituents is 1. The number of nitro groups is 1. The summed E-state index contributed by atoms with van der Waals surface area (Å²) in [6, 6.07) is 4.30. The maximum absolute atomic E-state index is 11.7. The summed E-state index contributed by atoms with van der Waals surface area (Å²) in [5.41, 5.74) is 0.146. The van der Waals surface area contributed by atoms with E-state index in [4.69, 9.17) is 4.74 Å². The minimum absolute atomic E-state index is 0.0488. The molecular formula is C12H14BrN3O4. The number of nitrogens with zero attached hydrogens (tertiary/aromatic N) is 1. The third-order valence-corrected chi connectivity index (χ3v) is 3.61. The van der Waals surface area contributed by atoms with E-state index < -0.39 is 4.92 Å². The summed E-state index contributed by atoms with van der Waals surface area (Å²) in [6.45, 7) is 3.33. The number of anilines is 1. The Balaban J connectivity index is 1.91. The zero-order valence-corrected chi connectivity index (χ0v) is 12.4. The second-order valence-electron chi connectivity index (χ2n) is 4.81. The number of carbonyl (C=O) groups is 1. The van der Waals surface area contributed by atoms with Crippen molar-refractivity contribution in [2.45, 2.75) is 12.5 Å². The summed E-state index contributed by atoms with van der Waals surface area (Å²) in [5.74, 6) is -0.293. The summed E-state index contributed by atoms with van der Waals surface area (Å²) < 4.78 is 5.81. The van der Waals surface area contributed by atoms with Gasteiger partial charge in [-0.1, -0.05) is 0 Å². The number of ether oxygens (including phenoxy) is 1. The minimum atomic E-state index is -0.497. The summed E-state index contributed by atoms with van der Waals surface area (Å²) in [7, 11) is 0. The largest absolute Gasteiger partial charge is 0.363 e. The number of nitrogens with one attached hydrogen (secondary N) is 2. The molecule has 1 fully saturated rings. The minimum Gasteiger partial charge on any atom is -0.363 e. The van der Waals surface area contributed by atoms with Gasteiger partial charge in [-0.15, -0.1) is 0 Å². The Kier molecular flexibility index (Phi) is 4.36. The zero-order valence-electron chi connectivity index (χ0n) is 10.8. The van der Waals surface area contributed by atoms with E-state index in [0.717, 1.165) is 13.1 Å². The molecule has 1 saturated heterocycles. The van der Waals surface area contributed by atoms with E-state index >= 15 is 0 Å². The van der Waals surface area contributed by atoms with E-state index in [0.29, 0.717) is 10.2 Å². The average Bonchev–Trinajstić information content (AvgIpc) is 2.33. The van der Waals surface area contributed by atoms with Crippen LogP contribution in [0.5, 0.6) is 0 Å². The highest BCUT2D eigenvalue weighted by Crippen LogP contribution is 2.27. The Hall–Kier alpha value is -1.51. The molecule has 20 heavy (non-hydrogen) atoms. The van der Waals surface area contributed by atoms with Gasteiger partial charge in [0.05, 0.1) is 15.0 Å². The standard InChI is InChI=1S/C12H14BrN3O4/c1-12(6-14-7-12)20-5-11(17)15-8-2-3-10(16(18)19)9(13)4-8/h2-4,14H,5-7H2,1H3,(H,15,17). The number of hydrogen-bond acceptors (Lipinski definition) is 5. The first-order valence-electron chi connectivity index (χ1n) is 5.98. The van der Waals surface area contributed by atoms with Crippen molar-refractivity contribution in [3.05, 3.63) is 32.8 Å². The Morgan fingerprint density at radius 3 is 2.80 bits per heavy atom. The fourth-order valence-electron chi connectivity index (χ4n) is 1.75. The van der Waals surface area contributed by atoms with Crippen LogP contribution in [0.25, 0.3) is 0 Å². The molecule has 0 aromatic heterocycles. The number of benzene rings is 1. The van der Waals surface area contributed by atoms with E-state index in [9.17, 15) is 14.9 Å². The maximum Gasteiger partial charge on any atom is 0.283 e. The van der Waals surface area contributed by atoms with E-state index in [1.54, 1.807) is 0 Å². The fraction of sp³-hybridized carbons (Fsp3) is 0.417. The van der Waals surface area contributed by atoms with Gasteiger partial charge in [0.25, 0.3) is 5.69 Å². The molecule has 0 aliphatic carbocycles. The molecule has 2 rings (SSSR count). The van der Waals surface area contributed by atoms with Gasteiger partial charge < -0.3 is 15.4 Å². The molecule has 2 N–H and O–H groups in total. The SMILES string of the molecule is CC1(OCC(=O)Nc2ccc([N+](=O)[O-])c(Br)c2)CNC1. The molecule has 0 unspecified atom stereocenters. The fourth-order valence-corrected chi connectivity index (χ4v) is 2.27. The van der Waals surface area contributed by atoms with Crippen molar-refractivity contribution >= 4 is 33.2 Å². The molecule has 0 radical (unpaired) electrons. The highest BCUT2D eigenvalue weighted by Gasteiger charge is 2.33. The van der Waals surface area contributed by atoms with Gasteiger partial charge in [-0.3, -0.25) is 14.9 Å². The summed E-state index contributed by atoms with van der Waals surface area (Å²) in [6.07, 6.45) is 0. The number of hydrogen-bond donors (Lipinski definition) is 2. The van der Waals surface area contributed by atoms with Crippen LogP contribution in [0.2, 0.25) is 0 Å². The van der Waals surface area contributed by atoms with Crippen molar-refractivity contribution in [1.29, 1.82) is 0 Å². The van der Waals surface area contributed by atoms with Crippen LogP contribution in [0.15, 0.2) is 22.7 Å². The van der Waals surface area contributed by atoms with Crippen LogP contribution in [0, 0.1) is 10.1 Å². The summed E-state index contributed by atoms with van der Waals surface area (Å²) in [4.78, 5) is 21.9. The highest BCUT2D eigenvalue weighted by atomic mass is 79.9. The second-order valence-corrected chi connectivity index (χ2v) is 5.67. The third-order valence-electron chi connectivity index (χ3n) is 2.98. The molecule has 1 aliphatic heterocycles. The van der Waals surface area contributed by atoms with Gasteiger partial charge in [0, 0.05) is 24.8 Å². The Morgan fingerprint density at radius 2 is 2.30 bits per heavy atom. The van der Waals surface area contributed by atoms with Crippen LogP contribution in [0.3, 0.4) is 0 Å². The van der Waals surface area contributed by atoms with Crippen molar-refractivity contribution < 1.29 is 14.5 Å². The molecule has 1 aromatic rings. The lowest BCUT2D eigenvalue weighted by Gasteiger charge is -2.38. The molecule has 0 spiro atoms. The maximum atomic E-state index is 11.7. The van der Waals surface area contributed by atoms with Crippen molar-refractivity contribution in [3.63, 3.8) is 0 Å². The molecule has 1 heterocycles. The Bertz CT molecular complexity index is 546. The van der Waals surface area contributed by atoms with E-state index in [1.807, 2.05) is 6.92 Å². The van der Waals surface area contributed by atoms with Gasteiger partial charge in [-0.05, 0) is 35.0 Å². The third kappa shape index (κ3) is 3.53.